The molecule has 4 nitrogen and oxygen atoms in total. The molecule has 1 saturated carbocycles. The van der Waals surface area contributed by atoms with Crippen LogP contribution >= 0.6 is 0 Å². The van der Waals surface area contributed by atoms with E-state index in [-0.39, 0.29) is 12.0 Å². The number of aliphatic hydroxyl groups excluding tert-OH is 1. The first-order valence-corrected chi connectivity index (χ1v) is 7.13. The van der Waals surface area contributed by atoms with E-state index in [0.29, 0.717) is 19.0 Å². The van der Waals surface area contributed by atoms with Crippen molar-refractivity contribution in [3.63, 3.8) is 0 Å². The lowest BCUT2D eigenvalue weighted by atomic mass is 9.82. The minimum Gasteiger partial charge on any atom is -0.393 e. The summed E-state index contributed by atoms with van der Waals surface area (Å²) in [7, 11) is 0. The molecule has 0 spiro atoms. The molecule has 2 aromatic rings. The third-order valence-corrected chi connectivity index (χ3v) is 4.12. The number of aryl methyl sites for hydroxylation is 1. The number of fused-ring (bicyclic) bond motifs is 1. The molecule has 1 amide bonds. The minimum absolute atomic E-state index is 0.0378. The van der Waals surface area contributed by atoms with Crippen molar-refractivity contribution in [1.29, 1.82) is 0 Å². The first-order chi connectivity index (χ1) is 9.63. The van der Waals surface area contributed by atoms with Crippen LogP contribution in [0.25, 0.3) is 10.9 Å². The van der Waals surface area contributed by atoms with Gasteiger partial charge in [-0.2, -0.15) is 0 Å². The van der Waals surface area contributed by atoms with Crippen LogP contribution in [0, 0.1) is 12.8 Å². The Balaban J connectivity index is 1.63. The molecule has 0 aliphatic heterocycles. The van der Waals surface area contributed by atoms with Crippen molar-refractivity contribution >= 4 is 16.8 Å². The Bertz CT molecular complexity index is 626. The lowest BCUT2D eigenvalue weighted by molar-refractivity contribution is -0.122. The van der Waals surface area contributed by atoms with Gasteiger partial charge in [0.15, 0.2) is 0 Å². The molecule has 2 N–H and O–H groups in total. The zero-order valence-corrected chi connectivity index (χ0v) is 11.7. The molecular formula is C16H20N2O2. The Labute approximate surface area is 118 Å². The smallest absolute Gasteiger partial charge is 0.239 e. The molecule has 1 fully saturated rings. The predicted molar refractivity (Wildman–Crippen MR) is 78.4 cm³/mol. The van der Waals surface area contributed by atoms with Gasteiger partial charge in [-0.15, -0.1) is 0 Å². The highest BCUT2D eigenvalue weighted by Crippen LogP contribution is 2.26. The van der Waals surface area contributed by atoms with Crippen molar-refractivity contribution in [2.24, 2.45) is 5.92 Å². The fraction of sp³-hybridized carbons (Fsp3) is 0.438. The van der Waals surface area contributed by atoms with Crippen molar-refractivity contribution in [2.75, 3.05) is 6.54 Å². The molecule has 1 aromatic heterocycles. The van der Waals surface area contributed by atoms with E-state index in [1.807, 2.05) is 29.7 Å². The number of nitrogens with zero attached hydrogens (tertiary/aromatic N) is 1. The van der Waals surface area contributed by atoms with E-state index >= 15 is 0 Å². The minimum atomic E-state index is -0.160. The van der Waals surface area contributed by atoms with Crippen LogP contribution in [-0.4, -0.2) is 28.2 Å². The van der Waals surface area contributed by atoms with Crippen LogP contribution in [-0.2, 0) is 11.3 Å². The zero-order valence-electron chi connectivity index (χ0n) is 11.7. The molecule has 0 bridgehead atoms. The topological polar surface area (TPSA) is 54.3 Å². The van der Waals surface area contributed by atoms with Crippen LogP contribution in [0.15, 0.2) is 30.3 Å². The first kappa shape index (κ1) is 13.2. The van der Waals surface area contributed by atoms with Crippen LogP contribution in [0.1, 0.15) is 18.5 Å². The summed E-state index contributed by atoms with van der Waals surface area (Å²) in [4.78, 5) is 12.0. The average molecular weight is 272 g/mol. The summed E-state index contributed by atoms with van der Waals surface area (Å²) in [5.41, 5.74) is 2.19. The lowest BCUT2D eigenvalue weighted by Crippen LogP contribution is -2.39. The summed E-state index contributed by atoms with van der Waals surface area (Å²) in [6.45, 7) is 3.05. The number of amides is 1. The van der Waals surface area contributed by atoms with Gasteiger partial charge in [0.2, 0.25) is 5.91 Å². The van der Waals surface area contributed by atoms with Gasteiger partial charge in [0, 0.05) is 17.8 Å². The van der Waals surface area contributed by atoms with Crippen molar-refractivity contribution < 1.29 is 9.90 Å². The molecule has 20 heavy (non-hydrogen) atoms. The number of carbonyl (C=O) groups is 1. The number of aliphatic hydroxyl groups is 1. The van der Waals surface area contributed by atoms with Crippen molar-refractivity contribution in [3.05, 3.63) is 36.0 Å². The summed E-state index contributed by atoms with van der Waals surface area (Å²) in [6, 6.07) is 10.2. The highest BCUT2D eigenvalue weighted by molar-refractivity contribution is 5.84. The maximum absolute atomic E-state index is 12.0. The van der Waals surface area contributed by atoms with Gasteiger partial charge >= 0.3 is 0 Å². The molecule has 1 heterocycles. The van der Waals surface area contributed by atoms with E-state index < -0.39 is 0 Å². The van der Waals surface area contributed by atoms with Crippen LogP contribution in [0.2, 0.25) is 0 Å². The molecule has 0 atom stereocenters. The van der Waals surface area contributed by atoms with Crippen LogP contribution < -0.4 is 5.32 Å². The number of hydrogen-bond acceptors (Lipinski definition) is 2. The lowest BCUT2D eigenvalue weighted by Gasteiger charge is -2.31. The Kier molecular flexibility index (Phi) is 3.49. The molecule has 106 valence electrons. The number of rotatable bonds is 4. The fourth-order valence-electron chi connectivity index (χ4n) is 2.88. The van der Waals surface area contributed by atoms with Gasteiger partial charge in [0.05, 0.1) is 6.10 Å². The van der Waals surface area contributed by atoms with Gasteiger partial charge in [-0.05, 0) is 43.2 Å². The molecular weight excluding hydrogens is 252 g/mol. The zero-order chi connectivity index (χ0) is 14.1. The third kappa shape index (κ3) is 2.56. The average Bonchev–Trinajstić information content (AvgIpc) is 2.70. The van der Waals surface area contributed by atoms with Crippen molar-refractivity contribution in [2.45, 2.75) is 32.4 Å². The highest BCUT2D eigenvalue weighted by atomic mass is 16.3. The molecule has 1 aromatic carbocycles. The SMILES string of the molecule is Cc1cc2ccccc2n1CC(=O)NCC1CC(O)C1. The van der Waals surface area contributed by atoms with Crippen LogP contribution in [0.5, 0.6) is 0 Å². The Hall–Kier alpha value is -1.81. The van der Waals surface area contributed by atoms with Gasteiger partial charge < -0.3 is 15.0 Å². The largest absolute Gasteiger partial charge is 0.393 e. The van der Waals surface area contributed by atoms with Gasteiger partial charge in [0.1, 0.15) is 6.54 Å². The van der Waals surface area contributed by atoms with E-state index in [9.17, 15) is 9.90 Å². The Morgan fingerprint density at radius 2 is 2.15 bits per heavy atom. The molecule has 1 aliphatic carbocycles. The monoisotopic (exact) mass is 272 g/mol. The fourth-order valence-corrected chi connectivity index (χ4v) is 2.88. The number of nitrogens with one attached hydrogen (secondary N) is 1. The van der Waals surface area contributed by atoms with E-state index in [0.717, 1.165) is 24.1 Å². The first-order valence-electron chi connectivity index (χ1n) is 7.13. The maximum atomic E-state index is 12.0. The van der Waals surface area contributed by atoms with E-state index in [1.54, 1.807) is 0 Å². The maximum Gasteiger partial charge on any atom is 0.239 e. The van der Waals surface area contributed by atoms with Crippen molar-refractivity contribution in [1.82, 2.24) is 9.88 Å². The second kappa shape index (κ2) is 5.29. The molecule has 4 heteroatoms. The van der Waals surface area contributed by atoms with Crippen LogP contribution in [0.4, 0.5) is 0 Å². The summed E-state index contributed by atoms with van der Waals surface area (Å²) in [5, 5.41) is 13.4. The van der Waals surface area contributed by atoms with E-state index in [1.165, 1.54) is 5.39 Å². The van der Waals surface area contributed by atoms with Gasteiger partial charge in [-0.25, -0.2) is 0 Å². The molecule has 0 unspecified atom stereocenters. The quantitative estimate of drug-likeness (QED) is 0.892. The number of benzene rings is 1. The number of carbonyl (C=O) groups excluding carboxylic acids is 1. The standard InChI is InChI=1S/C16H20N2O2/c1-11-6-13-4-2-3-5-15(13)18(11)10-16(20)17-9-12-7-14(19)8-12/h2-6,12,14,19H,7-10H2,1H3,(H,17,20). The van der Waals surface area contributed by atoms with Gasteiger partial charge in [-0.1, -0.05) is 18.2 Å². The van der Waals surface area contributed by atoms with Gasteiger partial charge in [-0.3, -0.25) is 4.79 Å². The Morgan fingerprint density at radius 3 is 2.90 bits per heavy atom. The summed E-state index contributed by atoms with van der Waals surface area (Å²) >= 11 is 0. The number of aromatic nitrogens is 1. The number of para-hydroxylation sites is 1. The highest BCUT2D eigenvalue weighted by Gasteiger charge is 2.27. The normalized spacial score (nSPS) is 21.7. The summed E-state index contributed by atoms with van der Waals surface area (Å²) < 4.78 is 2.04. The van der Waals surface area contributed by atoms with Crippen LogP contribution in [0.3, 0.4) is 0 Å². The predicted octanol–water partition coefficient (Wildman–Crippen LogP) is 1.84. The second-order valence-corrected chi connectivity index (χ2v) is 5.73. The number of hydrogen-bond donors (Lipinski definition) is 2. The third-order valence-electron chi connectivity index (χ3n) is 4.12. The van der Waals surface area contributed by atoms with E-state index in [2.05, 4.69) is 17.4 Å². The molecule has 0 radical (unpaired) electrons. The Morgan fingerprint density at radius 1 is 1.40 bits per heavy atom. The van der Waals surface area contributed by atoms with E-state index in [4.69, 9.17) is 0 Å². The molecule has 3 rings (SSSR count). The summed E-state index contributed by atoms with van der Waals surface area (Å²) in [6.07, 6.45) is 1.46. The second-order valence-electron chi connectivity index (χ2n) is 5.73. The van der Waals surface area contributed by atoms with Gasteiger partial charge in [0.25, 0.3) is 0 Å². The summed E-state index contributed by atoms with van der Waals surface area (Å²) in [5.74, 6) is 0.479. The molecule has 1 aliphatic rings. The molecule has 0 saturated heterocycles. The van der Waals surface area contributed by atoms with Crippen molar-refractivity contribution in [3.8, 4) is 0 Å².